The van der Waals surface area contributed by atoms with Crippen molar-refractivity contribution in [1.82, 2.24) is 10.4 Å². The Hall–Kier alpha value is -3.86. The Bertz CT molecular complexity index is 1200. The van der Waals surface area contributed by atoms with E-state index in [0.29, 0.717) is 22.5 Å². The quantitative estimate of drug-likeness (QED) is 0.389. The molecule has 4 aromatic rings. The number of hydrogen-bond donors (Lipinski definition) is 1. The summed E-state index contributed by atoms with van der Waals surface area (Å²) >= 11 is 0. The number of carbonyl (C=O) groups excluding carboxylic acids is 1. The molecule has 0 bridgehead atoms. The molecule has 0 aliphatic carbocycles. The number of hydrazone groups is 1. The standard InChI is InChI=1S/C24H18FN3O/c1-16(17-7-3-2-4-8-17)27-28-24(29)21-15-23(18-11-13-19(25)14-12-18)26-22-10-6-5-9-20(21)22/h2-15H,1H3,(H,28,29)/b27-16-. The van der Waals surface area contributed by atoms with Gasteiger partial charge in [-0.05, 0) is 48.9 Å². The third-order valence-corrected chi connectivity index (χ3v) is 4.62. The fraction of sp³-hybridized carbons (Fsp3) is 0.0417. The number of halogens is 1. The van der Waals surface area contributed by atoms with E-state index >= 15 is 0 Å². The molecule has 0 unspecified atom stereocenters. The molecule has 0 radical (unpaired) electrons. The SMILES string of the molecule is C/C(=N/NC(=O)c1cc(-c2ccc(F)cc2)nc2ccccc12)c1ccccc1. The Balaban J connectivity index is 1.72. The smallest absolute Gasteiger partial charge is 0.267 e. The first kappa shape index (κ1) is 18.5. The lowest BCUT2D eigenvalue weighted by atomic mass is 10.0. The number of amides is 1. The van der Waals surface area contributed by atoms with Gasteiger partial charge in [0, 0.05) is 10.9 Å². The Morgan fingerprint density at radius 2 is 1.62 bits per heavy atom. The molecule has 29 heavy (non-hydrogen) atoms. The second-order valence-corrected chi connectivity index (χ2v) is 6.58. The molecule has 1 N–H and O–H groups in total. The van der Waals surface area contributed by atoms with Crippen LogP contribution in [0.5, 0.6) is 0 Å². The molecule has 0 fully saturated rings. The van der Waals surface area contributed by atoms with E-state index in [1.807, 2.05) is 61.5 Å². The molecule has 1 heterocycles. The Morgan fingerprint density at radius 3 is 2.38 bits per heavy atom. The summed E-state index contributed by atoms with van der Waals surface area (Å²) < 4.78 is 13.3. The van der Waals surface area contributed by atoms with E-state index in [1.165, 1.54) is 12.1 Å². The van der Waals surface area contributed by atoms with Gasteiger partial charge in [0.25, 0.3) is 5.91 Å². The van der Waals surface area contributed by atoms with Crippen LogP contribution in [0.1, 0.15) is 22.8 Å². The number of para-hydroxylation sites is 1. The Labute approximate surface area is 167 Å². The number of fused-ring (bicyclic) bond motifs is 1. The largest absolute Gasteiger partial charge is 0.272 e. The minimum Gasteiger partial charge on any atom is -0.267 e. The minimum absolute atomic E-state index is 0.321. The molecular weight excluding hydrogens is 365 g/mol. The maximum absolute atomic E-state index is 13.3. The molecule has 0 saturated heterocycles. The van der Waals surface area contributed by atoms with Gasteiger partial charge >= 0.3 is 0 Å². The summed E-state index contributed by atoms with van der Waals surface area (Å²) in [7, 11) is 0. The van der Waals surface area contributed by atoms with Crippen molar-refractivity contribution < 1.29 is 9.18 Å². The van der Waals surface area contributed by atoms with Crippen LogP contribution >= 0.6 is 0 Å². The van der Waals surface area contributed by atoms with Gasteiger partial charge in [-0.3, -0.25) is 4.79 Å². The number of hydrogen-bond acceptors (Lipinski definition) is 3. The van der Waals surface area contributed by atoms with E-state index in [1.54, 1.807) is 18.2 Å². The summed E-state index contributed by atoms with van der Waals surface area (Å²) in [4.78, 5) is 17.5. The molecule has 0 spiro atoms. The van der Waals surface area contributed by atoms with Crippen molar-refractivity contribution in [3.8, 4) is 11.3 Å². The summed E-state index contributed by atoms with van der Waals surface area (Å²) in [5, 5.41) is 4.96. The van der Waals surface area contributed by atoms with Gasteiger partial charge in [0.1, 0.15) is 5.82 Å². The predicted octanol–water partition coefficient (Wildman–Crippen LogP) is 5.19. The molecular formula is C24H18FN3O. The van der Waals surface area contributed by atoms with Crippen LogP contribution in [0.15, 0.2) is 90.0 Å². The number of aromatic nitrogens is 1. The maximum atomic E-state index is 13.3. The monoisotopic (exact) mass is 383 g/mol. The van der Waals surface area contributed by atoms with E-state index in [9.17, 15) is 9.18 Å². The van der Waals surface area contributed by atoms with Crippen molar-refractivity contribution in [2.75, 3.05) is 0 Å². The first-order valence-corrected chi connectivity index (χ1v) is 9.17. The normalized spacial score (nSPS) is 11.4. The molecule has 1 aromatic heterocycles. The van der Waals surface area contributed by atoms with Crippen LogP contribution in [0.25, 0.3) is 22.2 Å². The van der Waals surface area contributed by atoms with Gasteiger partial charge in [0.05, 0.1) is 22.5 Å². The molecule has 3 aromatic carbocycles. The number of benzene rings is 3. The van der Waals surface area contributed by atoms with Crippen LogP contribution < -0.4 is 5.43 Å². The molecule has 5 heteroatoms. The molecule has 0 atom stereocenters. The van der Waals surface area contributed by atoms with E-state index in [0.717, 1.165) is 16.5 Å². The fourth-order valence-corrected chi connectivity index (χ4v) is 3.07. The van der Waals surface area contributed by atoms with Gasteiger partial charge in [-0.15, -0.1) is 0 Å². The van der Waals surface area contributed by atoms with Crippen molar-refractivity contribution in [1.29, 1.82) is 0 Å². The zero-order chi connectivity index (χ0) is 20.2. The third kappa shape index (κ3) is 4.04. The second-order valence-electron chi connectivity index (χ2n) is 6.58. The first-order chi connectivity index (χ1) is 14.1. The minimum atomic E-state index is -0.331. The lowest BCUT2D eigenvalue weighted by Gasteiger charge is -2.09. The summed E-state index contributed by atoms with van der Waals surface area (Å²) in [6.45, 7) is 1.84. The lowest BCUT2D eigenvalue weighted by Crippen LogP contribution is -2.20. The topological polar surface area (TPSA) is 54.4 Å². The van der Waals surface area contributed by atoms with Gasteiger partial charge in [0.15, 0.2) is 0 Å². The van der Waals surface area contributed by atoms with E-state index in [4.69, 9.17) is 0 Å². The Morgan fingerprint density at radius 1 is 0.931 bits per heavy atom. The van der Waals surface area contributed by atoms with Gasteiger partial charge < -0.3 is 0 Å². The summed E-state index contributed by atoms with van der Waals surface area (Å²) in [5.41, 5.74) is 6.74. The second kappa shape index (κ2) is 8.02. The molecule has 0 aliphatic heterocycles. The molecule has 1 amide bonds. The lowest BCUT2D eigenvalue weighted by molar-refractivity contribution is 0.0956. The molecule has 4 rings (SSSR count). The Kier molecular flexibility index (Phi) is 5.12. The van der Waals surface area contributed by atoms with Crippen molar-refractivity contribution >= 4 is 22.5 Å². The average Bonchev–Trinajstić information content (AvgIpc) is 2.77. The highest BCUT2D eigenvalue weighted by molar-refractivity contribution is 6.08. The summed E-state index contributed by atoms with van der Waals surface area (Å²) in [5.74, 6) is -0.652. The van der Waals surface area contributed by atoms with Gasteiger partial charge in [-0.2, -0.15) is 5.10 Å². The van der Waals surface area contributed by atoms with Gasteiger partial charge in [0.2, 0.25) is 0 Å². The van der Waals surface area contributed by atoms with E-state index in [2.05, 4.69) is 15.5 Å². The van der Waals surface area contributed by atoms with E-state index < -0.39 is 0 Å². The number of pyridine rings is 1. The molecule has 4 nitrogen and oxygen atoms in total. The van der Waals surface area contributed by atoms with Crippen molar-refractivity contribution in [3.63, 3.8) is 0 Å². The highest BCUT2D eigenvalue weighted by Crippen LogP contribution is 2.25. The van der Waals surface area contributed by atoms with Crippen molar-refractivity contribution in [2.24, 2.45) is 5.10 Å². The summed E-state index contributed by atoms with van der Waals surface area (Å²) in [6, 6.07) is 24.8. The predicted molar refractivity (Wildman–Crippen MR) is 113 cm³/mol. The van der Waals surface area contributed by atoms with Crippen LogP contribution in [0.4, 0.5) is 4.39 Å². The highest BCUT2D eigenvalue weighted by Gasteiger charge is 2.14. The van der Waals surface area contributed by atoms with Crippen molar-refractivity contribution in [2.45, 2.75) is 6.92 Å². The average molecular weight is 383 g/mol. The number of nitrogens with zero attached hydrogens (tertiary/aromatic N) is 2. The van der Waals surface area contributed by atoms with Crippen LogP contribution in [0, 0.1) is 5.82 Å². The van der Waals surface area contributed by atoms with Crippen LogP contribution in [-0.2, 0) is 0 Å². The molecule has 142 valence electrons. The molecule has 0 aliphatic rings. The number of nitrogens with one attached hydrogen (secondary N) is 1. The number of rotatable bonds is 4. The van der Waals surface area contributed by atoms with Crippen LogP contribution in [0.2, 0.25) is 0 Å². The van der Waals surface area contributed by atoms with E-state index in [-0.39, 0.29) is 11.7 Å². The zero-order valence-electron chi connectivity index (χ0n) is 15.8. The van der Waals surface area contributed by atoms with Crippen LogP contribution in [-0.4, -0.2) is 16.6 Å². The maximum Gasteiger partial charge on any atom is 0.272 e. The van der Waals surface area contributed by atoms with Gasteiger partial charge in [-0.1, -0.05) is 48.5 Å². The number of carbonyl (C=O) groups is 1. The first-order valence-electron chi connectivity index (χ1n) is 9.17. The highest BCUT2D eigenvalue weighted by atomic mass is 19.1. The fourth-order valence-electron chi connectivity index (χ4n) is 3.07. The molecule has 0 saturated carbocycles. The summed E-state index contributed by atoms with van der Waals surface area (Å²) in [6.07, 6.45) is 0. The van der Waals surface area contributed by atoms with Crippen molar-refractivity contribution in [3.05, 3.63) is 102 Å². The third-order valence-electron chi connectivity index (χ3n) is 4.62. The zero-order valence-corrected chi connectivity index (χ0v) is 15.8. The van der Waals surface area contributed by atoms with Gasteiger partial charge in [-0.25, -0.2) is 14.8 Å². The van der Waals surface area contributed by atoms with Crippen LogP contribution in [0.3, 0.4) is 0 Å².